The van der Waals surface area contributed by atoms with E-state index in [4.69, 9.17) is 9.40 Å². The van der Waals surface area contributed by atoms with Crippen LogP contribution in [0.3, 0.4) is 0 Å². The van der Waals surface area contributed by atoms with Gasteiger partial charge < -0.3 is 8.98 Å². The van der Waals surface area contributed by atoms with E-state index in [1.807, 2.05) is 6.07 Å². The number of aromatic nitrogens is 2. The highest BCUT2D eigenvalue weighted by molar-refractivity contribution is 7.26. The Morgan fingerprint density at radius 3 is 2.31 bits per heavy atom. The smallest absolute Gasteiger partial charge is 0.227 e. The first kappa shape index (κ1) is 19.0. The van der Waals surface area contributed by atoms with Crippen molar-refractivity contribution in [2.24, 2.45) is 0 Å². The van der Waals surface area contributed by atoms with E-state index in [1.165, 1.54) is 42.0 Å². The number of nitrogens with zero attached hydrogens (tertiary/aromatic N) is 2. The first-order chi connectivity index (χ1) is 17.3. The normalized spacial score (nSPS) is 12.0. The maximum Gasteiger partial charge on any atom is 0.227 e. The third-order valence-corrected chi connectivity index (χ3v) is 7.97. The SMILES string of the molecule is c1ccc(-n2c3ccccc3c3cc(-c4nc5c(ccc6sc7ccccc7c65)o4)ccc32)cc1. The van der Waals surface area contributed by atoms with Gasteiger partial charge in [-0.15, -0.1) is 11.3 Å². The second-order valence-corrected chi connectivity index (χ2v) is 9.91. The maximum atomic E-state index is 6.32. The molecule has 0 spiro atoms. The molecule has 0 N–H and O–H groups in total. The third-order valence-electron chi connectivity index (χ3n) is 6.83. The first-order valence-corrected chi connectivity index (χ1v) is 12.5. The van der Waals surface area contributed by atoms with E-state index in [9.17, 15) is 0 Å². The fourth-order valence-corrected chi connectivity index (χ4v) is 6.39. The van der Waals surface area contributed by atoms with Crippen molar-refractivity contribution in [2.45, 2.75) is 0 Å². The van der Waals surface area contributed by atoms with E-state index in [2.05, 4.69) is 108 Å². The second kappa shape index (κ2) is 7.05. The Balaban J connectivity index is 1.39. The number of thiophene rings is 1. The summed E-state index contributed by atoms with van der Waals surface area (Å²) in [7, 11) is 0. The van der Waals surface area contributed by atoms with E-state index < -0.39 is 0 Å². The average Bonchev–Trinajstić information content (AvgIpc) is 3.60. The predicted octanol–water partition coefficient (Wildman–Crippen LogP) is 8.96. The van der Waals surface area contributed by atoms with Crippen LogP contribution in [0.15, 0.2) is 114 Å². The van der Waals surface area contributed by atoms with Crippen molar-refractivity contribution in [3.63, 3.8) is 0 Å². The van der Waals surface area contributed by atoms with Gasteiger partial charge in [0.2, 0.25) is 5.89 Å². The molecule has 0 aliphatic carbocycles. The van der Waals surface area contributed by atoms with Crippen LogP contribution in [0.25, 0.3) is 70.2 Å². The first-order valence-electron chi connectivity index (χ1n) is 11.6. The summed E-state index contributed by atoms with van der Waals surface area (Å²) >= 11 is 1.80. The van der Waals surface area contributed by atoms with Crippen molar-refractivity contribution in [3.05, 3.63) is 109 Å². The van der Waals surface area contributed by atoms with Crippen molar-refractivity contribution >= 4 is 64.4 Å². The zero-order valence-electron chi connectivity index (χ0n) is 18.6. The van der Waals surface area contributed by atoms with Crippen LogP contribution >= 0.6 is 11.3 Å². The summed E-state index contributed by atoms with van der Waals surface area (Å²) in [6, 6.07) is 38.3. The molecule has 8 rings (SSSR count). The molecule has 0 aliphatic heterocycles. The Labute approximate surface area is 204 Å². The Hall–Kier alpha value is -4.41. The van der Waals surface area contributed by atoms with Gasteiger partial charge in [0.05, 0.1) is 11.0 Å². The Bertz CT molecular complexity index is 2060. The van der Waals surface area contributed by atoms with Crippen LogP contribution in [0, 0.1) is 0 Å². The monoisotopic (exact) mass is 466 g/mol. The largest absolute Gasteiger partial charge is 0.436 e. The van der Waals surface area contributed by atoms with Crippen LogP contribution in [0.2, 0.25) is 0 Å². The number of hydrogen-bond acceptors (Lipinski definition) is 3. The summed E-state index contributed by atoms with van der Waals surface area (Å²) < 4.78 is 11.1. The van der Waals surface area contributed by atoms with Crippen LogP contribution in [-0.4, -0.2) is 9.55 Å². The maximum absolute atomic E-state index is 6.32. The molecule has 5 aromatic carbocycles. The van der Waals surface area contributed by atoms with E-state index in [-0.39, 0.29) is 0 Å². The van der Waals surface area contributed by atoms with Crippen molar-refractivity contribution in [2.75, 3.05) is 0 Å². The fourth-order valence-electron chi connectivity index (χ4n) is 5.29. The summed E-state index contributed by atoms with van der Waals surface area (Å²) in [6.07, 6.45) is 0. The molecule has 0 bridgehead atoms. The van der Waals surface area contributed by atoms with Gasteiger partial charge in [0, 0.05) is 42.2 Å². The number of rotatable bonds is 2. The van der Waals surface area contributed by atoms with Crippen molar-refractivity contribution in [3.8, 4) is 17.1 Å². The summed E-state index contributed by atoms with van der Waals surface area (Å²) in [4.78, 5) is 5.02. The molecule has 3 heterocycles. The van der Waals surface area contributed by atoms with E-state index >= 15 is 0 Å². The zero-order chi connectivity index (χ0) is 22.9. The van der Waals surface area contributed by atoms with Crippen molar-refractivity contribution in [1.82, 2.24) is 9.55 Å². The topological polar surface area (TPSA) is 31.0 Å². The van der Waals surface area contributed by atoms with Gasteiger partial charge >= 0.3 is 0 Å². The zero-order valence-corrected chi connectivity index (χ0v) is 19.4. The molecule has 35 heavy (non-hydrogen) atoms. The number of hydrogen-bond donors (Lipinski definition) is 0. The van der Waals surface area contributed by atoms with E-state index in [1.54, 1.807) is 11.3 Å². The molecule has 8 aromatic rings. The lowest BCUT2D eigenvalue weighted by molar-refractivity contribution is 0.620. The molecule has 3 aromatic heterocycles. The van der Waals surface area contributed by atoms with E-state index in [0.717, 1.165) is 22.4 Å². The van der Waals surface area contributed by atoms with Crippen LogP contribution in [-0.2, 0) is 0 Å². The van der Waals surface area contributed by atoms with Crippen LogP contribution < -0.4 is 0 Å². The average molecular weight is 467 g/mol. The minimum absolute atomic E-state index is 0.654. The molecule has 0 fully saturated rings. The summed E-state index contributed by atoms with van der Waals surface area (Å²) in [5.41, 5.74) is 6.25. The minimum Gasteiger partial charge on any atom is -0.436 e. The number of benzene rings is 5. The van der Waals surface area contributed by atoms with Gasteiger partial charge in [-0.05, 0) is 54.6 Å². The molecular weight excluding hydrogens is 448 g/mol. The van der Waals surface area contributed by atoms with Crippen LogP contribution in [0.5, 0.6) is 0 Å². The molecule has 164 valence electrons. The number of oxazole rings is 1. The second-order valence-electron chi connectivity index (χ2n) is 8.82. The predicted molar refractivity (Wildman–Crippen MR) is 147 cm³/mol. The van der Waals surface area contributed by atoms with Gasteiger partial charge in [0.25, 0.3) is 0 Å². The highest BCUT2D eigenvalue weighted by Crippen LogP contribution is 2.40. The highest BCUT2D eigenvalue weighted by atomic mass is 32.1. The van der Waals surface area contributed by atoms with Gasteiger partial charge in [0.1, 0.15) is 5.52 Å². The lowest BCUT2D eigenvalue weighted by atomic mass is 10.1. The van der Waals surface area contributed by atoms with Crippen molar-refractivity contribution < 1.29 is 4.42 Å². The molecule has 3 nitrogen and oxygen atoms in total. The quantitative estimate of drug-likeness (QED) is 0.255. The molecule has 0 unspecified atom stereocenters. The van der Waals surface area contributed by atoms with Gasteiger partial charge in [-0.3, -0.25) is 0 Å². The molecule has 4 heteroatoms. The summed E-state index contributed by atoms with van der Waals surface area (Å²) in [5, 5.41) is 4.82. The highest BCUT2D eigenvalue weighted by Gasteiger charge is 2.17. The molecule has 0 amide bonds. The lowest BCUT2D eigenvalue weighted by Crippen LogP contribution is -1.92. The Morgan fingerprint density at radius 2 is 1.40 bits per heavy atom. The van der Waals surface area contributed by atoms with Gasteiger partial charge in [-0.2, -0.15) is 0 Å². The molecule has 0 saturated heterocycles. The van der Waals surface area contributed by atoms with Crippen LogP contribution in [0.1, 0.15) is 0 Å². The standard InChI is InChI=1S/C31H18N2OS/c1-2-8-20(9-3-1)33-24-12-6-4-10-21(24)23-18-19(14-15-25(23)33)31-32-30-26(34-31)16-17-28-29(30)22-11-5-7-13-27(22)35-28/h1-18H. The van der Waals surface area contributed by atoms with Crippen molar-refractivity contribution in [1.29, 1.82) is 0 Å². The molecule has 0 atom stereocenters. The van der Waals surface area contributed by atoms with Gasteiger partial charge in [0.15, 0.2) is 5.58 Å². The Morgan fingerprint density at radius 1 is 0.629 bits per heavy atom. The minimum atomic E-state index is 0.654. The number of fused-ring (bicyclic) bond motifs is 8. The molecule has 0 aliphatic rings. The van der Waals surface area contributed by atoms with Gasteiger partial charge in [-0.25, -0.2) is 4.98 Å². The molecular formula is C31H18N2OS. The number of para-hydroxylation sites is 2. The van der Waals surface area contributed by atoms with Crippen LogP contribution in [0.4, 0.5) is 0 Å². The van der Waals surface area contributed by atoms with Gasteiger partial charge in [-0.1, -0.05) is 54.6 Å². The lowest BCUT2D eigenvalue weighted by Gasteiger charge is -2.07. The fraction of sp³-hybridized carbons (Fsp3) is 0. The summed E-state index contributed by atoms with van der Waals surface area (Å²) in [6.45, 7) is 0. The molecule has 0 saturated carbocycles. The third kappa shape index (κ3) is 2.69. The molecule has 0 radical (unpaired) electrons. The summed E-state index contributed by atoms with van der Waals surface area (Å²) in [5.74, 6) is 0.654. The van der Waals surface area contributed by atoms with E-state index in [0.29, 0.717) is 5.89 Å². The Kier molecular flexibility index (Phi) is 3.82.